The van der Waals surface area contributed by atoms with Crippen LogP contribution >= 0.6 is 0 Å². The number of piperidine rings is 1. The van der Waals surface area contributed by atoms with Gasteiger partial charge in [0.15, 0.2) is 0 Å². The summed E-state index contributed by atoms with van der Waals surface area (Å²) in [6.07, 6.45) is 11.3. The lowest BCUT2D eigenvalue weighted by atomic mass is 9.87. The first-order valence-electron chi connectivity index (χ1n) is 11.5. The fourth-order valence-corrected chi connectivity index (χ4v) is 5.24. The fraction of sp³-hybridized carbons (Fsp3) is 0.909. The van der Waals surface area contributed by atoms with E-state index in [2.05, 4.69) is 10.2 Å². The monoisotopic (exact) mass is 393 g/mol. The first-order valence-corrected chi connectivity index (χ1v) is 11.5. The molecule has 0 spiro atoms. The number of carbonyl (C=O) groups is 2. The molecule has 6 nitrogen and oxygen atoms in total. The van der Waals surface area contributed by atoms with Gasteiger partial charge in [-0.2, -0.15) is 0 Å². The number of ether oxygens (including phenoxy) is 1. The largest absolute Gasteiger partial charge is 0.381 e. The highest BCUT2D eigenvalue weighted by Crippen LogP contribution is 2.26. The van der Waals surface area contributed by atoms with Crippen molar-refractivity contribution in [2.45, 2.75) is 83.2 Å². The average molecular weight is 394 g/mol. The quantitative estimate of drug-likeness (QED) is 0.722. The number of carbonyl (C=O) groups excluding carboxylic acids is 2. The first-order chi connectivity index (χ1) is 13.6. The van der Waals surface area contributed by atoms with Crippen LogP contribution in [0.2, 0.25) is 0 Å². The lowest BCUT2D eigenvalue weighted by Crippen LogP contribution is -2.53. The van der Waals surface area contributed by atoms with Gasteiger partial charge in [0.05, 0.1) is 0 Å². The maximum Gasteiger partial charge on any atom is 0.220 e. The van der Waals surface area contributed by atoms with E-state index in [1.807, 2.05) is 4.90 Å². The molecule has 1 saturated carbocycles. The molecule has 6 heteroatoms. The third-order valence-electron chi connectivity index (χ3n) is 6.93. The van der Waals surface area contributed by atoms with Crippen LogP contribution in [0.4, 0.5) is 0 Å². The van der Waals surface area contributed by atoms with E-state index in [1.165, 1.54) is 32.1 Å². The molecule has 0 aromatic heterocycles. The minimum Gasteiger partial charge on any atom is -0.381 e. The topological polar surface area (TPSA) is 61.9 Å². The average Bonchev–Trinajstić information content (AvgIpc) is 2.73. The third kappa shape index (κ3) is 6.45. The number of nitrogens with one attached hydrogen (secondary N) is 1. The highest BCUT2D eigenvalue weighted by atomic mass is 16.5. The van der Waals surface area contributed by atoms with Gasteiger partial charge in [0, 0.05) is 64.8 Å². The summed E-state index contributed by atoms with van der Waals surface area (Å²) in [5, 5.41) is 3.19. The van der Waals surface area contributed by atoms with Crippen LogP contribution in [-0.4, -0.2) is 73.1 Å². The standard InChI is InChI=1S/C22H39N3O3/c1-18(26)24-12-7-20(8-13-24)25(21-9-15-28-16-10-21)14-11-23-22(27)17-19-5-3-2-4-6-19/h19-21H,2-17H2,1H3,(H,23,27). The fourth-order valence-electron chi connectivity index (χ4n) is 5.24. The first kappa shape index (κ1) is 21.6. The smallest absolute Gasteiger partial charge is 0.220 e. The molecule has 0 unspecified atom stereocenters. The van der Waals surface area contributed by atoms with E-state index in [1.54, 1.807) is 6.92 Å². The lowest BCUT2D eigenvalue weighted by molar-refractivity contribution is -0.130. The minimum absolute atomic E-state index is 0.186. The molecule has 0 aromatic carbocycles. The Labute approximate surface area is 170 Å². The van der Waals surface area contributed by atoms with Crippen LogP contribution in [0.25, 0.3) is 0 Å². The highest BCUT2D eigenvalue weighted by Gasteiger charge is 2.31. The van der Waals surface area contributed by atoms with Gasteiger partial charge in [0.25, 0.3) is 0 Å². The summed E-state index contributed by atoms with van der Waals surface area (Å²) in [7, 11) is 0. The predicted molar refractivity (Wildman–Crippen MR) is 110 cm³/mol. The Morgan fingerprint density at radius 2 is 1.61 bits per heavy atom. The van der Waals surface area contributed by atoms with Gasteiger partial charge in [-0.3, -0.25) is 14.5 Å². The molecule has 2 saturated heterocycles. The van der Waals surface area contributed by atoms with E-state index >= 15 is 0 Å². The van der Waals surface area contributed by atoms with Gasteiger partial charge in [-0.05, 0) is 44.4 Å². The maximum atomic E-state index is 12.4. The summed E-state index contributed by atoms with van der Waals surface area (Å²) in [4.78, 5) is 28.6. The highest BCUT2D eigenvalue weighted by molar-refractivity contribution is 5.76. The van der Waals surface area contributed by atoms with Gasteiger partial charge in [-0.1, -0.05) is 19.3 Å². The van der Waals surface area contributed by atoms with E-state index in [0.717, 1.165) is 65.1 Å². The second-order valence-electron chi connectivity index (χ2n) is 8.88. The molecule has 0 bridgehead atoms. The summed E-state index contributed by atoms with van der Waals surface area (Å²) in [5.41, 5.74) is 0. The molecule has 1 aliphatic carbocycles. The number of hydrogen-bond donors (Lipinski definition) is 1. The Bertz CT molecular complexity index is 493. The van der Waals surface area contributed by atoms with E-state index < -0.39 is 0 Å². The molecule has 160 valence electrons. The Kier molecular flexibility index (Phi) is 8.59. The van der Waals surface area contributed by atoms with Crippen molar-refractivity contribution in [1.29, 1.82) is 0 Å². The SMILES string of the molecule is CC(=O)N1CCC(N(CCNC(=O)CC2CCCCC2)C2CCOCC2)CC1. The third-order valence-corrected chi connectivity index (χ3v) is 6.93. The van der Waals surface area contributed by atoms with Gasteiger partial charge >= 0.3 is 0 Å². The summed E-state index contributed by atoms with van der Waals surface area (Å²) < 4.78 is 5.56. The molecular formula is C22H39N3O3. The molecule has 3 fully saturated rings. The number of rotatable bonds is 7. The van der Waals surface area contributed by atoms with Crippen molar-refractivity contribution < 1.29 is 14.3 Å². The second kappa shape index (κ2) is 11.1. The zero-order valence-electron chi connectivity index (χ0n) is 17.7. The summed E-state index contributed by atoms with van der Waals surface area (Å²) in [6.45, 7) is 6.69. The van der Waals surface area contributed by atoms with Crippen molar-refractivity contribution in [2.75, 3.05) is 39.4 Å². The molecule has 1 N–H and O–H groups in total. The number of hydrogen-bond acceptors (Lipinski definition) is 4. The van der Waals surface area contributed by atoms with Crippen LogP contribution in [0.1, 0.15) is 71.1 Å². The normalized spacial score (nSPS) is 23.1. The predicted octanol–water partition coefficient (Wildman–Crippen LogP) is 2.56. The zero-order valence-corrected chi connectivity index (χ0v) is 17.7. The molecule has 3 aliphatic rings. The van der Waals surface area contributed by atoms with Crippen molar-refractivity contribution in [1.82, 2.24) is 15.1 Å². The molecule has 2 heterocycles. The van der Waals surface area contributed by atoms with Gasteiger partial charge in [0.1, 0.15) is 0 Å². The summed E-state index contributed by atoms with van der Waals surface area (Å²) >= 11 is 0. The van der Waals surface area contributed by atoms with Crippen LogP contribution in [0.5, 0.6) is 0 Å². The summed E-state index contributed by atoms with van der Waals surface area (Å²) in [6, 6.07) is 1.05. The molecule has 0 radical (unpaired) electrons. The van der Waals surface area contributed by atoms with Crippen molar-refractivity contribution in [2.24, 2.45) is 5.92 Å². The van der Waals surface area contributed by atoms with Gasteiger partial charge < -0.3 is 15.0 Å². The molecule has 3 rings (SSSR count). The van der Waals surface area contributed by atoms with Gasteiger partial charge in [-0.15, -0.1) is 0 Å². The van der Waals surface area contributed by atoms with Crippen molar-refractivity contribution >= 4 is 11.8 Å². The molecule has 0 aromatic rings. The lowest BCUT2D eigenvalue weighted by Gasteiger charge is -2.43. The Balaban J connectivity index is 1.46. The minimum atomic E-state index is 0.186. The van der Waals surface area contributed by atoms with E-state index in [0.29, 0.717) is 24.4 Å². The second-order valence-corrected chi connectivity index (χ2v) is 8.88. The van der Waals surface area contributed by atoms with Crippen LogP contribution in [0.15, 0.2) is 0 Å². The molecule has 2 aliphatic heterocycles. The molecule has 28 heavy (non-hydrogen) atoms. The van der Waals surface area contributed by atoms with E-state index in [9.17, 15) is 9.59 Å². The number of nitrogens with zero attached hydrogens (tertiary/aromatic N) is 2. The van der Waals surface area contributed by atoms with Crippen molar-refractivity contribution in [3.8, 4) is 0 Å². The Morgan fingerprint density at radius 1 is 0.964 bits per heavy atom. The Morgan fingerprint density at radius 3 is 2.25 bits per heavy atom. The van der Waals surface area contributed by atoms with Crippen LogP contribution in [0.3, 0.4) is 0 Å². The zero-order chi connectivity index (χ0) is 19.8. The Hall–Kier alpha value is -1.14. The molecule has 2 amide bonds. The summed E-state index contributed by atoms with van der Waals surface area (Å²) in [5.74, 6) is 1.01. The molecule has 0 atom stereocenters. The van der Waals surface area contributed by atoms with Gasteiger partial charge in [-0.25, -0.2) is 0 Å². The van der Waals surface area contributed by atoms with Crippen LogP contribution in [-0.2, 0) is 14.3 Å². The van der Waals surface area contributed by atoms with Crippen LogP contribution < -0.4 is 5.32 Å². The van der Waals surface area contributed by atoms with Gasteiger partial charge in [0.2, 0.25) is 11.8 Å². The number of amides is 2. The van der Waals surface area contributed by atoms with Crippen molar-refractivity contribution in [3.05, 3.63) is 0 Å². The van der Waals surface area contributed by atoms with E-state index in [-0.39, 0.29) is 11.8 Å². The van der Waals surface area contributed by atoms with Crippen molar-refractivity contribution in [3.63, 3.8) is 0 Å². The molecular weight excluding hydrogens is 354 g/mol. The number of likely N-dealkylation sites (tertiary alicyclic amines) is 1. The van der Waals surface area contributed by atoms with E-state index in [4.69, 9.17) is 4.74 Å². The maximum absolute atomic E-state index is 12.4. The van der Waals surface area contributed by atoms with Crippen LogP contribution in [0, 0.1) is 5.92 Å².